The van der Waals surface area contributed by atoms with Crippen LogP contribution in [0, 0.1) is 17.8 Å². The highest BCUT2D eigenvalue weighted by molar-refractivity contribution is 5.07. The lowest BCUT2D eigenvalue weighted by Gasteiger charge is -2.27. The Labute approximate surface area is 107 Å². The molecule has 0 aromatic rings. The molecule has 0 fully saturated rings. The summed E-state index contributed by atoms with van der Waals surface area (Å²) < 4.78 is 40.5. The van der Waals surface area contributed by atoms with Crippen LogP contribution < -0.4 is 0 Å². The predicted molar refractivity (Wildman–Crippen MR) is 65.7 cm³/mol. The molecule has 1 nitrogen and oxygen atoms in total. The molecule has 2 atom stereocenters. The van der Waals surface area contributed by atoms with Crippen molar-refractivity contribution in [2.75, 3.05) is 0 Å². The Morgan fingerprint density at radius 1 is 1.39 bits per heavy atom. The van der Waals surface area contributed by atoms with Gasteiger partial charge in [-0.25, -0.2) is 0 Å². The van der Waals surface area contributed by atoms with Crippen molar-refractivity contribution >= 4 is 0 Å². The third kappa shape index (κ3) is 4.75. The first-order valence-electron chi connectivity index (χ1n) is 6.45. The molecule has 18 heavy (non-hydrogen) atoms. The van der Waals surface area contributed by atoms with E-state index in [0.717, 1.165) is 6.42 Å². The number of allylic oxidation sites excluding steroid dienone is 3. The van der Waals surface area contributed by atoms with Gasteiger partial charge in [-0.15, -0.1) is 13.2 Å². The van der Waals surface area contributed by atoms with Crippen LogP contribution in [0.1, 0.15) is 40.0 Å². The quantitative estimate of drug-likeness (QED) is 0.646. The standard InChI is InChI=1S/C14H21F3O/c1-4-11-8-9-12(18-14(15,16)17)6-5-7-13(11)10(2)3/h5,7,9-11,13H,4,6,8H2,1-3H3. The molecule has 0 aromatic carbocycles. The van der Waals surface area contributed by atoms with Gasteiger partial charge >= 0.3 is 6.36 Å². The molecule has 1 aliphatic carbocycles. The van der Waals surface area contributed by atoms with Gasteiger partial charge in [0.15, 0.2) is 0 Å². The Balaban J connectivity index is 2.76. The summed E-state index contributed by atoms with van der Waals surface area (Å²) in [4.78, 5) is 0. The fraction of sp³-hybridized carbons (Fsp3) is 0.714. The minimum atomic E-state index is -4.59. The number of ether oxygens (including phenoxy) is 1. The first-order valence-corrected chi connectivity index (χ1v) is 6.45. The molecule has 2 unspecified atom stereocenters. The van der Waals surface area contributed by atoms with Gasteiger partial charge in [0.25, 0.3) is 0 Å². The van der Waals surface area contributed by atoms with Gasteiger partial charge in [0, 0.05) is 6.42 Å². The molecule has 1 rings (SSSR count). The second-order valence-corrected chi connectivity index (χ2v) is 5.08. The summed E-state index contributed by atoms with van der Waals surface area (Å²) in [6.45, 7) is 6.37. The lowest BCUT2D eigenvalue weighted by atomic mass is 9.78. The Morgan fingerprint density at radius 3 is 2.56 bits per heavy atom. The minimum absolute atomic E-state index is 0.0133. The average molecular weight is 262 g/mol. The van der Waals surface area contributed by atoms with Crippen molar-refractivity contribution in [1.82, 2.24) is 0 Å². The van der Waals surface area contributed by atoms with Crippen LogP contribution in [0.4, 0.5) is 13.2 Å². The normalized spacial score (nSPS) is 25.6. The monoisotopic (exact) mass is 262 g/mol. The average Bonchev–Trinajstić information content (AvgIpc) is 2.20. The number of halogens is 3. The summed E-state index contributed by atoms with van der Waals surface area (Å²) in [6, 6.07) is 0. The maximum Gasteiger partial charge on any atom is 0.572 e. The SMILES string of the molecule is CCC1CC=C(OC(F)(F)F)CC=CC1C(C)C. The van der Waals surface area contributed by atoms with Crippen LogP contribution in [-0.2, 0) is 4.74 Å². The van der Waals surface area contributed by atoms with Crippen LogP contribution in [0.2, 0.25) is 0 Å². The molecule has 0 aliphatic heterocycles. The largest absolute Gasteiger partial charge is 0.572 e. The molecule has 0 N–H and O–H groups in total. The van der Waals surface area contributed by atoms with Gasteiger partial charge < -0.3 is 4.74 Å². The summed E-state index contributed by atoms with van der Waals surface area (Å²) >= 11 is 0. The fourth-order valence-electron chi connectivity index (χ4n) is 2.46. The molecule has 0 amide bonds. The molecule has 0 radical (unpaired) electrons. The first-order chi connectivity index (χ1) is 8.33. The zero-order valence-corrected chi connectivity index (χ0v) is 11.1. The molecule has 0 aromatic heterocycles. The second-order valence-electron chi connectivity index (χ2n) is 5.08. The molecular formula is C14H21F3O. The van der Waals surface area contributed by atoms with Crippen molar-refractivity contribution < 1.29 is 17.9 Å². The Morgan fingerprint density at radius 2 is 2.06 bits per heavy atom. The molecule has 0 saturated heterocycles. The van der Waals surface area contributed by atoms with E-state index in [1.807, 2.05) is 6.08 Å². The Kier molecular flexibility index (Phi) is 5.29. The van der Waals surface area contributed by atoms with Crippen LogP contribution in [0.25, 0.3) is 0 Å². The number of hydrogen-bond acceptors (Lipinski definition) is 1. The smallest absolute Gasteiger partial charge is 0.410 e. The van der Waals surface area contributed by atoms with E-state index in [1.165, 1.54) is 0 Å². The van der Waals surface area contributed by atoms with Crippen molar-refractivity contribution in [1.29, 1.82) is 0 Å². The molecule has 1 aliphatic rings. The van der Waals surface area contributed by atoms with Crippen molar-refractivity contribution in [3.05, 3.63) is 24.0 Å². The van der Waals surface area contributed by atoms with Gasteiger partial charge in [-0.3, -0.25) is 0 Å². The lowest BCUT2D eigenvalue weighted by Crippen LogP contribution is -2.19. The van der Waals surface area contributed by atoms with Gasteiger partial charge in [0.05, 0.1) is 0 Å². The molecular weight excluding hydrogens is 241 g/mol. The summed E-state index contributed by atoms with van der Waals surface area (Å²) in [6.07, 6.45) is 2.69. The summed E-state index contributed by atoms with van der Waals surface area (Å²) in [5, 5.41) is 0. The zero-order valence-electron chi connectivity index (χ0n) is 11.1. The van der Waals surface area contributed by atoms with E-state index >= 15 is 0 Å². The third-order valence-electron chi connectivity index (χ3n) is 3.41. The lowest BCUT2D eigenvalue weighted by molar-refractivity contribution is -0.306. The summed E-state index contributed by atoms with van der Waals surface area (Å²) in [5.41, 5.74) is 0. The van der Waals surface area contributed by atoms with Gasteiger partial charge in [-0.1, -0.05) is 39.3 Å². The van der Waals surface area contributed by atoms with Gasteiger partial charge in [0.1, 0.15) is 5.76 Å². The van der Waals surface area contributed by atoms with E-state index in [2.05, 4.69) is 25.5 Å². The van der Waals surface area contributed by atoms with Gasteiger partial charge in [-0.2, -0.15) is 0 Å². The maximum absolute atomic E-state index is 12.2. The minimum Gasteiger partial charge on any atom is -0.410 e. The number of alkyl halides is 3. The van der Waals surface area contributed by atoms with E-state index in [4.69, 9.17) is 0 Å². The van der Waals surface area contributed by atoms with Crippen molar-refractivity contribution in [3.8, 4) is 0 Å². The second kappa shape index (κ2) is 6.30. The molecule has 104 valence electrons. The zero-order chi connectivity index (χ0) is 13.8. The number of hydrogen-bond donors (Lipinski definition) is 0. The maximum atomic E-state index is 12.2. The van der Waals surface area contributed by atoms with Gasteiger partial charge in [-0.05, 0) is 30.3 Å². The highest BCUT2D eigenvalue weighted by atomic mass is 19.4. The van der Waals surface area contributed by atoms with E-state index in [1.54, 1.807) is 12.2 Å². The van der Waals surface area contributed by atoms with Crippen molar-refractivity contribution in [2.24, 2.45) is 17.8 Å². The molecule has 0 saturated carbocycles. The summed E-state index contributed by atoms with van der Waals surface area (Å²) in [5.74, 6) is 1.33. The molecule has 0 spiro atoms. The first kappa shape index (κ1) is 15.1. The van der Waals surface area contributed by atoms with Crippen LogP contribution >= 0.6 is 0 Å². The van der Waals surface area contributed by atoms with Crippen LogP contribution in [0.15, 0.2) is 24.0 Å². The molecule has 0 bridgehead atoms. The highest BCUT2D eigenvalue weighted by Gasteiger charge is 2.32. The third-order valence-corrected chi connectivity index (χ3v) is 3.41. The van der Waals surface area contributed by atoms with E-state index in [9.17, 15) is 13.2 Å². The van der Waals surface area contributed by atoms with Crippen LogP contribution in [0.5, 0.6) is 0 Å². The fourth-order valence-corrected chi connectivity index (χ4v) is 2.46. The highest BCUT2D eigenvalue weighted by Crippen LogP contribution is 2.32. The van der Waals surface area contributed by atoms with Gasteiger partial charge in [0.2, 0.25) is 0 Å². The van der Waals surface area contributed by atoms with E-state index < -0.39 is 6.36 Å². The van der Waals surface area contributed by atoms with Crippen LogP contribution in [-0.4, -0.2) is 6.36 Å². The summed E-state index contributed by atoms with van der Waals surface area (Å²) in [7, 11) is 0. The number of rotatable bonds is 3. The van der Waals surface area contributed by atoms with E-state index in [-0.39, 0.29) is 12.2 Å². The van der Waals surface area contributed by atoms with Crippen LogP contribution in [0.3, 0.4) is 0 Å². The van der Waals surface area contributed by atoms with Crippen molar-refractivity contribution in [2.45, 2.75) is 46.4 Å². The Hall–Kier alpha value is -0.930. The Bertz CT molecular complexity index is 315. The van der Waals surface area contributed by atoms with E-state index in [0.29, 0.717) is 24.2 Å². The topological polar surface area (TPSA) is 9.23 Å². The van der Waals surface area contributed by atoms with Crippen molar-refractivity contribution in [3.63, 3.8) is 0 Å². The molecule has 4 heteroatoms. The molecule has 0 heterocycles. The predicted octanol–water partition coefficient (Wildman–Crippen LogP) is 5.06.